The van der Waals surface area contributed by atoms with E-state index in [9.17, 15) is 4.79 Å². The maximum atomic E-state index is 12.6. The summed E-state index contributed by atoms with van der Waals surface area (Å²) in [4.78, 5) is 15.5. The Morgan fingerprint density at radius 1 is 1.21 bits per heavy atom. The molecule has 24 heavy (non-hydrogen) atoms. The topological polar surface area (TPSA) is 42.8 Å². The molecule has 1 saturated heterocycles. The Morgan fingerprint density at radius 2 is 1.88 bits per heavy atom. The van der Waals surface area contributed by atoms with Crippen molar-refractivity contribution in [2.75, 3.05) is 25.5 Å². The molecule has 0 bridgehead atoms. The number of methoxy groups -OCH3 is 1. The van der Waals surface area contributed by atoms with Gasteiger partial charge in [0.1, 0.15) is 17.3 Å². The van der Waals surface area contributed by atoms with E-state index in [1.807, 2.05) is 12.1 Å². The maximum absolute atomic E-state index is 12.6. The van der Waals surface area contributed by atoms with Crippen LogP contribution in [-0.4, -0.2) is 26.1 Å². The summed E-state index contributed by atoms with van der Waals surface area (Å²) in [6.45, 7) is 7.78. The first-order chi connectivity index (χ1) is 11.6. The number of quaternary nitrogens is 1. The molecule has 128 valence electrons. The van der Waals surface area contributed by atoms with Crippen molar-refractivity contribution in [3.63, 3.8) is 0 Å². The Hall–Kier alpha value is -1.85. The van der Waals surface area contributed by atoms with Crippen molar-refractivity contribution < 1.29 is 14.4 Å². The molecular weight excluding hydrogens is 320 g/mol. The van der Waals surface area contributed by atoms with Crippen LogP contribution in [0.5, 0.6) is 5.75 Å². The highest BCUT2D eigenvalue weighted by molar-refractivity contribution is 7.16. The normalized spacial score (nSPS) is 14.8. The lowest BCUT2D eigenvalue weighted by atomic mass is 10.1. The van der Waals surface area contributed by atoms with E-state index in [2.05, 4.69) is 19.2 Å². The van der Waals surface area contributed by atoms with Crippen molar-refractivity contribution in [1.29, 1.82) is 0 Å². The second-order valence-corrected chi connectivity index (χ2v) is 7.63. The number of aryl methyl sites for hydroxylation is 1. The minimum Gasteiger partial charge on any atom is -0.497 e. The van der Waals surface area contributed by atoms with Crippen LogP contribution in [0, 0.1) is 13.8 Å². The summed E-state index contributed by atoms with van der Waals surface area (Å²) in [7, 11) is 1.62. The second-order valence-electron chi connectivity index (χ2n) is 6.41. The van der Waals surface area contributed by atoms with Crippen LogP contribution in [-0.2, 0) is 6.54 Å². The number of anilines is 1. The SMILES string of the molecule is COc1ccc(C(=O)Nc2sc(C)c(C)c2C[NH+]2CCCC2)cc1. The van der Waals surface area contributed by atoms with Crippen LogP contribution in [0.25, 0.3) is 0 Å². The van der Waals surface area contributed by atoms with E-state index < -0.39 is 0 Å². The fraction of sp³-hybridized carbons (Fsp3) is 0.421. The number of amides is 1. The first-order valence-corrected chi connectivity index (χ1v) is 9.28. The number of nitrogens with one attached hydrogen (secondary N) is 2. The van der Waals surface area contributed by atoms with Gasteiger partial charge in [0.05, 0.1) is 20.2 Å². The average Bonchev–Trinajstić information content (AvgIpc) is 3.19. The van der Waals surface area contributed by atoms with Gasteiger partial charge in [-0.2, -0.15) is 0 Å². The Morgan fingerprint density at radius 3 is 2.50 bits per heavy atom. The fourth-order valence-corrected chi connectivity index (χ4v) is 4.28. The van der Waals surface area contributed by atoms with Gasteiger partial charge >= 0.3 is 0 Å². The highest BCUT2D eigenvalue weighted by Crippen LogP contribution is 2.32. The van der Waals surface area contributed by atoms with Gasteiger partial charge in [0.15, 0.2) is 0 Å². The van der Waals surface area contributed by atoms with Crippen molar-refractivity contribution in [3.05, 3.63) is 45.8 Å². The quantitative estimate of drug-likeness (QED) is 0.875. The molecule has 1 aliphatic heterocycles. The van der Waals surface area contributed by atoms with Crippen LogP contribution in [0.4, 0.5) is 5.00 Å². The maximum Gasteiger partial charge on any atom is 0.256 e. The van der Waals surface area contributed by atoms with E-state index in [0.717, 1.165) is 17.3 Å². The molecule has 4 nitrogen and oxygen atoms in total. The summed E-state index contributed by atoms with van der Waals surface area (Å²) < 4.78 is 5.15. The molecule has 0 saturated carbocycles. The largest absolute Gasteiger partial charge is 0.497 e. The van der Waals surface area contributed by atoms with Gasteiger partial charge in [-0.1, -0.05) is 0 Å². The molecule has 0 atom stereocenters. The van der Waals surface area contributed by atoms with E-state index in [0.29, 0.717) is 5.56 Å². The molecule has 0 aliphatic carbocycles. The zero-order valence-electron chi connectivity index (χ0n) is 14.6. The number of rotatable bonds is 5. The Kier molecular flexibility index (Phi) is 5.21. The van der Waals surface area contributed by atoms with Crippen LogP contribution in [0.1, 0.15) is 39.2 Å². The molecule has 2 heterocycles. The standard InChI is InChI=1S/C19H24N2O2S/c1-13-14(2)24-19(17(13)12-21-10-4-5-11-21)20-18(22)15-6-8-16(23-3)9-7-15/h6-9H,4-5,10-12H2,1-3H3,(H,20,22)/p+1. The molecule has 5 heteroatoms. The van der Waals surface area contributed by atoms with Crippen molar-refractivity contribution in [2.45, 2.75) is 33.2 Å². The first-order valence-electron chi connectivity index (χ1n) is 8.46. The zero-order valence-corrected chi connectivity index (χ0v) is 15.4. The molecule has 1 amide bonds. The number of benzene rings is 1. The second kappa shape index (κ2) is 7.36. The lowest BCUT2D eigenvalue weighted by molar-refractivity contribution is -0.901. The number of carbonyl (C=O) groups is 1. The van der Waals surface area contributed by atoms with Crippen molar-refractivity contribution in [1.82, 2.24) is 0 Å². The highest BCUT2D eigenvalue weighted by atomic mass is 32.1. The van der Waals surface area contributed by atoms with E-state index in [1.165, 1.54) is 41.9 Å². The molecule has 1 fully saturated rings. The minimum absolute atomic E-state index is 0.0587. The highest BCUT2D eigenvalue weighted by Gasteiger charge is 2.22. The smallest absolute Gasteiger partial charge is 0.256 e. The number of thiophene rings is 1. The molecule has 1 aliphatic rings. The van der Waals surface area contributed by atoms with Crippen LogP contribution in [0.15, 0.2) is 24.3 Å². The van der Waals surface area contributed by atoms with Gasteiger partial charge < -0.3 is 15.0 Å². The number of likely N-dealkylation sites (tertiary alicyclic amines) is 1. The summed E-state index contributed by atoms with van der Waals surface area (Å²) >= 11 is 1.69. The van der Waals surface area contributed by atoms with Gasteiger partial charge in [0.25, 0.3) is 5.91 Å². The van der Waals surface area contributed by atoms with Gasteiger partial charge in [0, 0.05) is 28.8 Å². The molecule has 1 aromatic carbocycles. The van der Waals surface area contributed by atoms with Crippen LogP contribution in [0.2, 0.25) is 0 Å². The summed E-state index contributed by atoms with van der Waals surface area (Å²) in [6.07, 6.45) is 2.62. The zero-order chi connectivity index (χ0) is 17.1. The first kappa shape index (κ1) is 17.0. The van der Waals surface area contributed by atoms with E-state index in [-0.39, 0.29) is 5.91 Å². The predicted octanol–water partition coefficient (Wildman–Crippen LogP) is 2.80. The van der Waals surface area contributed by atoms with Crippen LogP contribution < -0.4 is 15.0 Å². The van der Waals surface area contributed by atoms with Crippen molar-refractivity contribution >= 4 is 22.2 Å². The molecular formula is C19H25N2O2S+. The third kappa shape index (κ3) is 3.62. The van der Waals surface area contributed by atoms with Gasteiger partial charge in [-0.05, 0) is 43.7 Å². The molecule has 3 rings (SSSR count). The molecule has 0 radical (unpaired) electrons. The molecule has 0 spiro atoms. The molecule has 2 N–H and O–H groups in total. The number of hydrogen-bond acceptors (Lipinski definition) is 3. The minimum atomic E-state index is -0.0587. The predicted molar refractivity (Wildman–Crippen MR) is 98.4 cm³/mol. The molecule has 1 aromatic heterocycles. The Labute approximate surface area is 147 Å². The third-order valence-corrected chi connectivity index (χ3v) is 5.99. The molecule has 0 unspecified atom stereocenters. The van der Waals surface area contributed by atoms with Crippen molar-refractivity contribution in [2.24, 2.45) is 0 Å². The van der Waals surface area contributed by atoms with Crippen LogP contribution >= 0.6 is 11.3 Å². The van der Waals surface area contributed by atoms with Gasteiger partial charge in [-0.3, -0.25) is 4.79 Å². The van der Waals surface area contributed by atoms with Crippen LogP contribution in [0.3, 0.4) is 0 Å². The number of hydrogen-bond donors (Lipinski definition) is 2. The summed E-state index contributed by atoms with van der Waals surface area (Å²) in [6, 6.07) is 7.23. The fourth-order valence-electron chi connectivity index (χ4n) is 3.21. The van der Waals surface area contributed by atoms with Crippen molar-refractivity contribution in [3.8, 4) is 5.75 Å². The van der Waals surface area contributed by atoms with Gasteiger partial charge in [-0.25, -0.2) is 0 Å². The van der Waals surface area contributed by atoms with E-state index in [1.54, 1.807) is 35.5 Å². The monoisotopic (exact) mass is 345 g/mol. The Bertz CT molecular complexity index is 716. The van der Waals surface area contributed by atoms with Gasteiger partial charge in [-0.15, -0.1) is 11.3 Å². The average molecular weight is 345 g/mol. The lowest BCUT2D eigenvalue weighted by Crippen LogP contribution is -3.08. The van der Waals surface area contributed by atoms with E-state index >= 15 is 0 Å². The van der Waals surface area contributed by atoms with E-state index in [4.69, 9.17) is 4.74 Å². The number of ether oxygens (including phenoxy) is 1. The van der Waals surface area contributed by atoms with Gasteiger partial charge in [0.2, 0.25) is 0 Å². The Balaban J connectivity index is 1.78. The number of carbonyl (C=O) groups excluding carboxylic acids is 1. The summed E-state index contributed by atoms with van der Waals surface area (Å²) in [5.41, 5.74) is 3.28. The summed E-state index contributed by atoms with van der Waals surface area (Å²) in [5.74, 6) is 0.698. The molecule has 2 aromatic rings. The lowest BCUT2D eigenvalue weighted by Gasteiger charge is -2.14. The summed E-state index contributed by atoms with van der Waals surface area (Å²) in [5, 5.41) is 4.13. The third-order valence-electron chi connectivity index (χ3n) is 4.83.